The van der Waals surface area contributed by atoms with Crippen molar-refractivity contribution in [2.45, 2.75) is 44.4 Å². The fourth-order valence-corrected chi connectivity index (χ4v) is 3.87. The first kappa shape index (κ1) is 18.8. The molecule has 1 N–H and O–H groups in total. The highest BCUT2D eigenvalue weighted by Crippen LogP contribution is 2.24. The SMILES string of the molecule is COc1cccc(-c2noc(CSCC(=O)N[C@H]3CCCC[C@H]3C)n2)c1. The number of hydrogen-bond acceptors (Lipinski definition) is 6. The van der Waals surface area contributed by atoms with E-state index in [2.05, 4.69) is 22.4 Å². The first-order valence-electron chi connectivity index (χ1n) is 9.00. The van der Waals surface area contributed by atoms with E-state index in [9.17, 15) is 4.79 Å². The van der Waals surface area contributed by atoms with E-state index in [4.69, 9.17) is 9.26 Å². The maximum absolute atomic E-state index is 12.1. The molecule has 1 amide bonds. The lowest BCUT2D eigenvalue weighted by Crippen LogP contribution is -2.41. The smallest absolute Gasteiger partial charge is 0.236 e. The van der Waals surface area contributed by atoms with Crippen LogP contribution in [-0.2, 0) is 10.5 Å². The Kier molecular flexibility index (Phi) is 6.55. The highest BCUT2D eigenvalue weighted by Gasteiger charge is 2.22. The zero-order chi connectivity index (χ0) is 18.4. The van der Waals surface area contributed by atoms with Gasteiger partial charge >= 0.3 is 0 Å². The number of carbonyl (C=O) groups excluding carboxylic acids is 1. The lowest BCUT2D eigenvalue weighted by atomic mass is 9.86. The van der Waals surface area contributed by atoms with Crippen molar-refractivity contribution in [3.05, 3.63) is 30.2 Å². The molecule has 0 aliphatic heterocycles. The number of thioether (sulfide) groups is 1. The fraction of sp³-hybridized carbons (Fsp3) is 0.526. The molecule has 1 saturated carbocycles. The van der Waals surface area contributed by atoms with Crippen molar-refractivity contribution in [2.75, 3.05) is 12.9 Å². The van der Waals surface area contributed by atoms with Gasteiger partial charge in [-0.3, -0.25) is 4.79 Å². The summed E-state index contributed by atoms with van der Waals surface area (Å²) in [6.45, 7) is 2.22. The molecule has 26 heavy (non-hydrogen) atoms. The number of rotatable bonds is 7. The minimum absolute atomic E-state index is 0.0845. The summed E-state index contributed by atoms with van der Waals surface area (Å²) in [6, 6.07) is 7.84. The molecule has 0 unspecified atom stereocenters. The quantitative estimate of drug-likeness (QED) is 0.795. The van der Waals surface area contributed by atoms with E-state index in [1.54, 1.807) is 7.11 Å². The van der Waals surface area contributed by atoms with E-state index in [1.165, 1.54) is 31.0 Å². The van der Waals surface area contributed by atoms with Gasteiger partial charge in [-0.15, -0.1) is 11.8 Å². The predicted molar refractivity (Wildman–Crippen MR) is 102 cm³/mol. The maximum atomic E-state index is 12.1. The highest BCUT2D eigenvalue weighted by atomic mass is 32.2. The number of aromatic nitrogens is 2. The molecule has 0 radical (unpaired) electrons. The minimum atomic E-state index is 0.0845. The lowest BCUT2D eigenvalue weighted by Gasteiger charge is -2.29. The maximum Gasteiger partial charge on any atom is 0.236 e. The van der Waals surface area contributed by atoms with Crippen LogP contribution in [0.3, 0.4) is 0 Å². The summed E-state index contributed by atoms with van der Waals surface area (Å²) in [7, 11) is 1.62. The summed E-state index contributed by atoms with van der Waals surface area (Å²) < 4.78 is 10.5. The number of ether oxygens (including phenoxy) is 1. The largest absolute Gasteiger partial charge is 0.497 e. The van der Waals surface area contributed by atoms with Gasteiger partial charge in [-0.2, -0.15) is 4.98 Å². The highest BCUT2D eigenvalue weighted by molar-refractivity contribution is 7.99. The van der Waals surface area contributed by atoms with Crippen molar-refractivity contribution in [2.24, 2.45) is 5.92 Å². The molecule has 2 atom stereocenters. The second-order valence-corrected chi connectivity index (χ2v) is 7.66. The van der Waals surface area contributed by atoms with Crippen LogP contribution in [-0.4, -0.2) is 35.0 Å². The molecule has 0 saturated heterocycles. The molecule has 0 spiro atoms. The molecular weight excluding hydrogens is 350 g/mol. The molecule has 0 bridgehead atoms. The Balaban J connectivity index is 1.46. The van der Waals surface area contributed by atoms with Crippen LogP contribution in [0.1, 0.15) is 38.5 Å². The molecule has 1 aliphatic carbocycles. The van der Waals surface area contributed by atoms with Crippen LogP contribution in [0, 0.1) is 5.92 Å². The number of hydrogen-bond donors (Lipinski definition) is 1. The lowest BCUT2D eigenvalue weighted by molar-refractivity contribution is -0.119. The molecule has 6 nitrogen and oxygen atoms in total. The van der Waals surface area contributed by atoms with Gasteiger partial charge in [0.1, 0.15) is 5.75 Å². The molecule has 3 rings (SSSR count). The van der Waals surface area contributed by atoms with E-state index in [-0.39, 0.29) is 5.91 Å². The van der Waals surface area contributed by atoms with Gasteiger partial charge in [-0.05, 0) is 30.9 Å². The zero-order valence-electron chi connectivity index (χ0n) is 15.2. The van der Waals surface area contributed by atoms with Crippen molar-refractivity contribution in [1.82, 2.24) is 15.5 Å². The van der Waals surface area contributed by atoms with Crippen molar-refractivity contribution < 1.29 is 14.1 Å². The molecule has 1 aliphatic rings. The Morgan fingerprint density at radius 1 is 1.38 bits per heavy atom. The molecule has 1 heterocycles. The van der Waals surface area contributed by atoms with Gasteiger partial charge in [0, 0.05) is 11.6 Å². The predicted octanol–water partition coefficient (Wildman–Crippen LogP) is 3.67. The topological polar surface area (TPSA) is 77.2 Å². The summed E-state index contributed by atoms with van der Waals surface area (Å²) in [5.74, 6) is 3.37. The van der Waals surface area contributed by atoms with Gasteiger partial charge in [-0.25, -0.2) is 0 Å². The standard InChI is InChI=1S/C19H25N3O3S/c1-13-6-3-4-9-16(13)20-17(23)11-26-12-18-21-19(22-25-18)14-7-5-8-15(10-14)24-2/h5,7-8,10,13,16H,3-4,6,9,11-12H2,1-2H3,(H,20,23)/t13-,16+/m1/s1. The first-order chi connectivity index (χ1) is 12.7. The van der Waals surface area contributed by atoms with E-state index in [0.29, 0.717) is 35.2 Å². The number of nitrogens with zero attached hydrogens (tertiary/aromatic N) is 2. The van der Waals surface area contributed by atoms with Crippen LogP contribution in [0.15, 0.2) is 28.8 Å². The Morgan fingerprint density at radius 3 is 3.04 bits per heavy atom. The van der Waals surface area contributed by atoms with Crippen LogP contribution in [0.4, 0.5) is 0 Å². The Bertz CT molecular complexity index is 734. The van der Waals surface area contributed by atoms with Crippen LogP contribution in [0.5, 0.6) is 5.75 Å². The van der Waals surface area contributed by atoms with Crippen LogP contribution in [0.25, 0.3) is 11.4 Å². The Labute approximate surface area is 158 Å². The first-order valence-corrected chi connectivity index (χ1v) is 10.2. The van der Waals surface area contributed by atoms with Crippen molar-refractivity contribution >= 4 is 17.7 Å². The number of nitrogens with one attached hydrogen (secondary N) is 1. The monoisotopic (exact) mass is 375 g/mol. The Hall–Kier alpha value is -2.02. The summed E-state index contributed by atoms with van der Waals surface area (Å²) in [5.41, 5.74) is 0.841. The number of methoxy groups -OCH3 is 1. The second-order valence-electron chi connectivity index (χ2n) is 6.67. The summed E-state index contributed by atoms with van der Waals surface area (Å²) in [6.07, 6.45) is 4.77. The third-order valence-electron chi connectivity index (χ3n) is 4.71. The average Bonchev–Trinajstić information content (AvgIpc) is 3.13. The Morgan fingerprint density at radius 2 is 2.23 bits per heavy atom. The molecular formula is C19H25N3O3S. The van der Waals surface area contributed by atoms with Crippen molar-refractivity contribution in [1.29, 1.82) is 0 Å². The summed E-state index contributed by atoms with van der Waals surface area (Å²) >= 11 is 1.49. The average molecular weight is 375 g/mol. The van der Waals surface area contributed by atoms with Gasteiger partial charge in [-0.1, -0.05) is 37.1 Å². The molecule has 1 aromatic carbocycles. The van der Waals surface area contributed by atoms with E-state index in [0.717, 1.165) is 17.7 Å². The van der Waals surface area contributed by atoms with Gasteiger partial charge in [0.15, 0.2) is 0 Å². The molecule has 1 aromatic heterocycles. The third-order valence-corrected chi connectivity index (χ3v) is 5.63. The molecule has 2 aromatic rings. The summed E-state index contributed by atoms with van der Waals surface area (Å²) in [4.78, 5) is 16.5. The molecule has 7 heteroatoms. The van der Waals surface area contributed by atoms with Crippen LogP contribution < -0.4 is 10.1 Å². The number of carbonyl (C=O) groups is 1. The van der Waals surface area contributed by atoms with Gasteiger partial charge in [0.2, 0.25) is 17.6 Å². The molecule has 140 valence electrons. The van der Waals surface area contributed by atoms with Gasteiger partial charge in [0.05, 0.1) is 18.6 Å². The van der Waals surface area contributed by atoms with Gasteiger partial charge < -0.3 is 14.6 Å². The second kappa shape index (κ2) is 9.07. The minimum Gasteiger partial charge on any atom is -0.497 e. The number of benzene rings is 1. The molecule has 1 fully saturated rings. The van der Waals surface area contributed by atoms with Crippen molar-refractivity contribution in [3.8, 4) is 17.1 Å². The van der Waals surface area contributed by atoms with Crippen LogP contribution in [0.2, 0.25) is 0 Å². The van der Waals surface area contributed by atoms with Crippen LogP contribution >= 0.6 is 11.8 Å². The van der Waals surface area contributed by atoms with Gasteiger partial charge in [0.25, 0.3) is 0 Å². The van der Waals surface area contributed by atoms with Crippen molar-refractivity contribution in [3.63, 3.8) is 0 Å². The fourth-order valence-electron chi connectivity index (χ4n) is 3.20. The van der Waals surface area contributed by atoms with E-state index in [1.807, 2.05) is 24.3 Å². The van der Waals surface area contributed by atoms with E-state index < -0.39 is 0 Å². The number of amides is 1. The zero-order valence-corrected chi connectivity index (χ0v) is 16.1. The summed E-state index contributed by atoms with van der Waals surface area (Å²) in [5, 5.41) is 7.17. The third kappa shape index (κ3) is 5.00. The normalized spacial score (nSPS) is 19.9. The van der Waals surface area contributed by atoms with E-state index >= 15 is 0 Å².